The smallest absolute Gasteiger partial charge is 0.269 e. The first-order chi connectivity index (χ1) is 17.7. The first-order valence-electron chi connectivity index (χ1n) is 12.7. The molecule has 3 aliphatic heterocycles. The van der Waals surface area contributed by atoms with Gasteiger partial charge in [0.05, 0.1) is 22.6 Å². The number of Topliss-reactive ketones (excluding diaryl/α,β-unsaturated/α-hetero) is 1. The van der Waals surface area contributed by atoms with Crippen LogP contribution in [0.3, 0.4) is 0 Å². The molecule has 9 nitrogen and oxygen atoms in total. The molecule has 4 atom stereocenters. The Kier molecular flexibility index (Phi) is 5.29. The van der Waals surface area contributed by atoms with E-state index in [1.807, 2.05) is 18.2 Å². The quantitative estimate of drug-likeness (QED) is 0.288. The van der Waals surface area contributed by atoms with Crippen LogP contribution in [0.15, 0.2) is 61.2 Å². The molecule has 3 heterocycles. The summed E-state index contributed by atoms with van der Waals surface area (Å²) in [7, 11) is 0. The van der Waals surface area contributed by atoms with Gasteiger partial charge in [-0.15, -0.1) is 6.58 Å². The van der Waals surface area contributed by atoms with E-state index in [0.29, 0.717) is 32.2 Å². The highest BCUT2D eigenvalue weighted by molar-refractivity contribution is 5.96. The molecule has 9 heteroatoms. The molecular weight excluding hydrogens is 472 g/mol. The van der Waals surface area contributed by atoms with E-state index < -0.39 is 17.2 Å². The van der Waals surface area contributed by atoms with E-state index in [9.17, 15) is 19.7 Å². The van der Waals surface area contributed by atoms with Gasteiger partial charge in [0, 0.05) is 48.7 Å². The Balaban J connectivity index is 1.22. The lowest BCUT2D eigenvalue weighted by Crippen LogP contribution is -2.62. The number of benzene rings is 2. The molecule has 0 radical (unpaired) electrons. The number of amides is 1. The minimum atomic E-state index is -0.839. The van der Waals surface area contributed by atoms with Crippen LogP contribution in [0, 0.1) is 16.0 Å². The number of carbonyl (C=O) groups is 2. The molecule has 2 aliphatic carbocycles. The maximum Gasteiger partial charge on any atom is 0.269 e. The number of carbonyl (C=O) groups excluding carboxylic acids is 2. The minimum Gasteiger partial charge on any atom is -0.375 e. The molecule has 192 valence electrons. The van der Waals surface area contributed by atoms with Gasteiger partial charge in [0.15, 0.2) is 5.78 Å². The first kappa shape index (κ1) is 23.8. The van der Waals surface area contributed by atoms with Crippen LogP contribution < -0.4 is 16.0 Å². The Hall–Kier alpha value is -3.56. The molecule has 2 aromatic rings. The molecule has 3 N–H and O–H groups in total. The summed E-state index contributed by atoms with van der Waals surface area (Å²) in [5.41, 5.74) is 0.956. The summed E-state index contributed by atoms with van der Waals surface area (Å²) < 4.78 is 6.74. The first-order valence-corrected chi connectivity index (χ1v) is 12.7. The lowest BCUT2D eigenvalue weighted by Gasteiger charge is -2.61. The van der Waals surface area contributed by atoms with E-state index in [4.69, 9.17) is 4.74 Å². The van der Waals surface area contributed by atoms with E-state index in [-0.39, 0.29) is 39.9 Å². The third kappa shape index (κ3) is 3.67. The normalized spacial score (nSPS) is 34.9. The predicted molar refractivity (Wildman–Crippen MR) is 137 cm³/mol. The Morgan fingerprint density at radius 3 is 2.62 bits per heavy atom. The van der Waals surface area contributed by atoms with Gasteiger partial charge >= 0.3 is 0 Å². The van der Waals surface area contributed by atoms with Crippen LogP contribution in [-0.4, -0.2) is 40.8 Å². The maximum atomic E-state index is 13.0. The van der Waals surface area contributed by atoms with Crippen molar-refractivity contribution in [3.05, 3.63) is 82.4 Å². The van der Waals surface area contributed by atoms with Crippen LogP contribution in [0.5, 0.6) is 0 Å². The molecule has 1 saturated heterocycles. The van der Waals surface area contributed by atoms with Crippen LogP contribution in [0.1, 0.15) is 43.7 Å². The van der Waals surface area contributed by atoms with E-state index >= 15 is 0 Å². The standard InChI is InChI=1S/C28H30N4O5/c1-3-18-13-28(18,17(2)33)31-25(34)24-12-21(14-29-24)37-27-15-26(16-27,19-7-5-4-6-8-19)30-23-10-9-20(32(35)36)11-22(23)27/h3-11,18,21,24,29-30H,1,12-16H2,2H3,(H,31,34)/t18-,21?,24-,26?,27?,28-/m0/s1. The third-order valence-electron chi connectivity index (χ3n) is 8.65. The Morgan fingerprint density at radius 2 is 1.97 bits per heavy atom. The fraction of sp³-hybridized carbons (Fsp3) is 0.429. The summed E-state index contributed by atoms with van der Waals surface area (Å²) in [6.45, 7) is 5.75. The highest BCUT2D eigenvalue weighted by Gasteiger charge is 2.63. The van der Waals surface area contributed by atoms with Crippen molar-refractivity contribution in [3.63, 3.8) is 0 Å². The zero-order valence-electron chi connectivity index (χ0n) is 20.7. The molecule has 3 fully saturated rings. The topological polar surface area (TPSA) is 123 Å². The van der Waals surface area contributed by atoms with Crippen molar-refractivity contribution in [2.45, 2.75) is 61.4 Å². The number of non-ortho nitro benzene ring substituents is 1. The molecular formula is C28H30N4O5. The molecule has 0 spiro atoms. The molecule has 37 heavy (non-hydrogen) atoms. The van der Waals surface area contributed by atoms with Crippen molar-refractivity contribution >= 4 is 23.1 Å². The highest BCUT2D eigenvalue weighted by atomic mass is 16.6. The van der Waals surface area contributed by atoms with Gasteiger partial charge in [-0.2, -0.15) is 0 Å². The molecule has 2 aromatic carbocycles. The number of ketones is 1. The summed E-state index contributed by atoms with van der Waals surface area (Å²) in [6.07, 6.45) is 3.78. The summed E-state index contributed by atoms with van der Waals surface area (Å²) in [4.78, 5) is 36.4. The Bertz CT molecular complexity index is 1300. The molecule has 1 unspecified atom stereocenters. The number of anilines is 1. The van der Waals surface area contributed by atoms with Crippen molar-refractivity contribution < 1.29 is 19.2 Å². The average Bonchev–Trinajstić information content (AvgIpc) is 3.40. The zero-order chi connectivity index (χ0) is 26.0. The van der Waals surface area contributed by atoms with Crippen LogP contribution in [0.25, 0.3) is 0 Å². The lowest BCUT2D eigenvalue weighted by atomic mass is 9.56. The largest absolute Gasteiger partial charge is 0.375 e. The molecule has 1 amide bonds. The Labute approximate surface area is 214 Å². The average molecular weight is 503 g/mol. The maximum absolute atomic E-state index is 13.0. The van der Waals surface area contributed by atoms with E-state index in [1.165, 1.54) is 13.0 Å². The van der Waals surface area contributed by atoms with Gasteiger partial charge in [0.1, 0.15) is 11.1 Å². The van der Waals surface area contributed by atoms with Gasteiger partial charge in [-0.3, -0.25) is 19.7 Å². The van der Waals surface area contributed by atoms with E-state index in [1.54, 1.807) is 18.2 Å². The molecule has 5 aliphatic rings. The van der Waals surface area contributed by atoms with E-state index in [2.05, 4.69) is 34.7 Å². The number of nitrogens with one attached hydrogen (secondary N) is 3. The number of rotatable bonds is 8. The van der Waals surface area contributed by atoms with Crippen LogP contribution in [0.2, 0.25) is 0 Å². The summed E-state index contributed by atoms with van der Waals surface area (Å²) in [5, 5.41) is 21.4. The number of nitrogens with zero attached hydrogens (tertiary/aromatic N) is 1. The number of nitro groups is 1. The van der Waals surface area contributed by atoms with Gasteiger partial charge in [-0.1, -0.05) is 36.4 Å². The second-order valence-corrected chi connectivity index (χ2v) is 10.9. The number of hydrogen-bond acceptors (Lipinski definition) is 7. The van der Waals surface area contributed by atoms with Gasteiger partial charge < -0.3 is 20.7 Å². The van der Waals surface area contributed by atoms with Crippen LogP contribution in [0.4, 0.5) is 11.4 Å². The third-order valence-corrected chi connectivity index (χ3v) is 8.65. The molecule has 0 aromatic heterocycles. The second kappa shape index (κ2) is 8.22. The van der Waals surface area contributed by atoms with Crippen molar-refractivity contribution in [1.82, 2.24) is 10.6 Å². The monoisotopic (exact) mass is 502 g/mol. The van der Waals surface area contributed by atoms with Crippen LogP contribution in [-0.2, 0) is 25.5 Å². The van der Waals surface area contributed by atoms with Gasteiger partial charge in [0.2, 0.25) is 5.91 Å². The number of ether oxygens (including phenoxy) is 1. The summed E-state index contributed by atoms with van der Waals surface area (Å²) >= 11 is 0. The summed E-state index contributed by atoms with van der Waals surface area (Å²) in [5.74, 6) is -0.309. The molecule has 2 saturated carbocycles. The zero-order valence-corrected chi connectivity index (χ0v) is 20.7. The number of nitro benzene ring substituents is 1. The highest BCUT2D eigenvalue weighted by Crippen LogP contribution is 2.63. The van der Waals surface area contributed by atoms with Crippen molar-refractivity contribution in [2.24, 2.45) is 5.92 Å². The summed E-state index contributed by atoms with van der Waals surface area (Å²) in [6, 6.07) is 14.6. The van der Waals surface area contributed by atoms with Crippen LogP contribution >= 0.6 is 0 Å². The van der Waals surface area contributed by atoms with Crippen molar-refractivity contribution in [2.75, 3.05) is 11.9 Å². The Morgan fingerprint density at radius 1 is 1.22 bits per heavy atom. The van der Waals surface area contributed by atoms with E-state index in [0.717, 1.165) is 16.8 Å². The van der Waals surface area contributed by atoms with Gasteiger partial charge in [0.25, 0.3) is 5.69 Å². The molecule has 7 rings (SSSR count). The molecule has 2 bridgehead atoms. The fourth-order valence-electron chi connectivity index (χ4n) is 6.60. The minimum absolute atomic E-state index is 0.0279. The van der Waals surface area contributed by atoms with Gasteiger partial charge in [-0.25, -0.2) is 0 Å². The SMILES string of the molecule is C=C[C@H]1C[C@]1(NC(=O)[C@@H]1CC(OC23CC(c4ccccc4)(C2)Nc2ccc([N+](=O)[O-])cc23)CN1)C(C)=O. The second-order valence-electron chi connectivity index (χ2n) is 10.9. The van der Waals surface area contributed by atoms with Crippen molar-refractivity contribution in [3.8, 4) is 0 Å². The van der Waals surface area contributed by atoms with Gasteiger partial charge in [-0.05, 0) is 31.4 Å². The van der Waals surface area contributed by atoms with Crippen molar-refractivity contribution in [1.29, 1.82) is 0 Å². The lowest BCUT2D eigenvalue weighted by molar-refractivity contribution is -0.385. The number of hydrogen-bond donors (Lipinski definition) is 3. The predicted octanol–water partition coefficient (Wildman–Crippen LogP) is 3.30. The fourth-order valence-corrected chi connectivity index (χ4v) is 6.60.